The molecule has 20 heavy (non-hydrogen) atoms. The van der Waals surface area contributed by atoms with Crippen molar-refractivity contribution in [2.75, 3.05) is 6.54 Å². The Morgan fingerprint density at radius 2 is 1.95 bits per heavy atom. The summed E-state index contributed by atoms with van der Waals surface area (Å²) in [5.41, 5.74) is 6.96. The van der Waals surface area contributed by atoms with E-state index in [0.29, 0.717) is 18.6 Å². The fourth-order valence-corrected chi connectivity index (χ4v) is 2.03. The van der Waals surface area contributed by atoms with Crippen LogP contribution in [0, 0.1) is 0 Å². The van der Waals surface area contributed by atoms with Gasteiger partial charge in [0.25, 0.3) is 6.47 Å². The highest BCUT2D eigenvalue weighted by molar-refractivity contribution is 5.37. The molecule has 112 valence electrons. The molecule has 0 aromatic heterocycles. The number of carbonyl (C=O) groups is 1. The summed E-state index contributed by atoms with van der Waals surface area (Å²) in [4.78, 5) is 9.60. The Balaban J connectivity index is 0.000000246. The highest BCUT2D eigenvalue weighted by Gasteiger charge is 2.19. The number of ether oxygens (including phenoxy) is 1. The van der Waals surface area contributed by atoms with Gasteiger partial charge >= 0.3 is 0 Å². The summed E-state index contributed by atoms with van der Waals surface area (Å²) in [7, 11) is 0. The monoisotopic (exact) mass is 278 g/mol. The molecule has 1 heterocycles. The summed E-state index contributed by atoms with van der Waals surface area (Å²) < 4.78 is 4.55. The smallest absolute Gasteiger partial charge is 0.293 e. The van der Waals surface area contributed by atoms with Crippen molar-refractivity contribution in [3.8, 4) is 0 Å². The minimum Gasteiger partial charge on any atom is -0.462 e. The van der Waals surface area contributed by atoms with Crippen LogP contribution >= 0.6 is 0 Å². The van der Waals surface area contributed by atoms with E-state index in [0.717, 1.165) is 19.4 Å². The van der Waals surface area contributed by atoms with Gasteiger partial charge in [0, 0.05) is 12.1 Å². The first-order chi connectivity index (χ1) is 9.42. The largest absolute Gasteiger partial charge is 0.462 e. The van der Waals surface area contributed by atoms with Gasteiger partial charge in [-0.1, -0.05) is 30.3 Å². The fourth-order valence-electron chi connectivity index (χ4n) is 2.03. The van der Waals surface area contributed by atoms with Gasteiger partial charge in [-0.25, -0.2) is 0 Å². The zero-order valence-corrected chi connectivity index (χ0v) is 12.6. The molecule has 2 unspecified atom stereocenters. The summed E-state index contributed by atoms with van der Waals surface area (Å²) in [6, 6.07) is 11.4. The first-order valence-electron chi connectivity index (χ1n) is 7.08. The molecule has 0 radical (unpaired) electrons. The van der Waals surface area contributed by atoms with Crippen LogP contribution in [-0.2, 0) is 9.53 Å². The molecule has 0 amide bonds. The number of hydrogen-bond donors (Lipinski definition) is 2. The van der Waals surface area contributed by atoms with Crippen molar-refractivity contribution in [2.45, 2.75) is 51.3 Å². The number of nitrogens with one attached hydrogen (secondary N) is 1. The predicted molar refractivity (Wildman–Crippen MR) is 81.3 cm³/mol. The van der Waals surface area contributed by atoms with Gasteiger partial charge < -0.3 is 15.8 Å². The van der Waals surface area contributed by atoms with Gasteiger partial charge in [-0.3, -0.25) is 4.79 Å². The van der Waals surface area contributed by atoms with Gasteiger partial charge in [-0.15, -0.1) is 0 Å². The standard InChI is InChI=1S/C11H16N2.C5H10O2/c12-10-6-7-13-11(8-10)9-4-2-1-3-5-9;1-5(2,3)7-4-6/h1-5,10-11,13H,6-8,12H2;4H,1-3H3. The topological polar surface area (TPSA) is 64.3 Å². The lowest BCUT2D eigenvalue weighted by atomic mass is 9.94. The summed E-state index contributed by atoms with van der Waals surface area (Å²) in [6.07, 6.45) is 2.16. The first-order valence-corrected chi connectivity index (χ1v) is 7.08. The van der Waals surface area contributed by atoms with E-state index in [1.165, 1.54) is 5.56 Å². The molecular weight excluding hydrogens is 252 g/mol. The molecular formula is C16H26N2O2. The molecule has 0 spiro atoms. The van der Waals surface area contributed by atoms with Crippen molar-refractivity contribution in [3.05, 3.63) is 35.9 Å². The number of nitrogens with two attached hydrogens (primary N) is 1. The predicted octanol–water partition coefficient (Wildman–Crippen LogP) is 2.40. The number of rotatable bonds is 2. The van der Waals surface area contributed by atoms with Crippen molar-refractivity contribution in [2.24, 2.45) is 5.73 Å². The van der Waals surface area contributed by atoms with E-state index >= 15 is 0 Å². The highest BCUT2D eigenvalue weighted by Crippen LogP contribution is 2.21. The minimum atomic E-state index is -0.318. The van der Waals surface area contributed by atoms with Crippen LogP contribution in [0.5, 0.6) is 0 Å². The number of carbonyl (C=O) groups excluding carboxylic acids is 1. The van der Waals surface area contributed by atoms with E-state index < -0.39 is 0 Å². The molecule has 2 rings (SSSR count). The van der Waals surface area contributed by atoms with Crippen molar-refractivity contribution < 1.29 is 9.53 Å². The maximum Gasteiger partial charge on any atom is 0.293 e. The minimum absolute atomic E-state index is 0.318. The van der Waals surface area contributed by atoms with Gasteiger partial charge in [-0.05, 0) is 45.7 Å². The molecule has 1 saturated heterocycles. The van der Waals surface area contributed by atoms with Crippen LogP contribution in [0.1, 0.15) is 45.2 Å². The fraction of sp³-hybridized carbons (Fsp3) is 0.562. The van der Waals surface area contributed by atoms with Crippen LogP contribution < -0.4 is 11.1 Å². The van der Waals surface area contributed by atoms with Gasteiger partial charge in [-0.2, -0.15) is 0 Å². The molecule has 4 heteroatoms. The Morgan fingerprint density at radius 3 is 2.40 bits per heavy atom. The number of piperidine rings is 1. The first kappa shape index (κ1) is 16.7. The Hall–Kier alpha value is -1.39. The molecule has 1 aliphatic heterocycles. The van der Waals surface area contributed by atoms with Crippen molar-refractivity contribution >= 4 is 6.47 Å². The average molecular weight is 278 g/mol. The average Bonchev–Trinajstić information content (AvgIpc) is 2.39. The Morgan fingerprint density at radius 1 is 1.30 bits per heavy atom. The normalized spacial score (nSPS) is 22.4. The third-order valence-electron chi connectivity index (χ3n) is 3.05. The van der Waals surface area contributed by atoms with Crippen molar-refractivity contribution in [1.29, 1.82) is 0 Å². The van der Waals surface area contributed by atoms with Crippen LogP contribution in [-0.4, -0.2) is 24.7 Å². The zero-order valence-electron chi connectivity index (χ0n) is 12.6. The summed E-state index contributed by atoms with van der Waals surface area (Å²) in [6.45, 7) is 6.96. The van der Waals surface area contributed by atoms with Crippen LogP contribution in [0.2, 0.25) is 0 Å². The van der Waals surface area contributed by atoms with E-state index in [1.807, 2.05) is 26.8 Å². The molecule has 1 aromatic rings. The van der Waals surface area contributed by atoms with Gasteiger partial charge in [0.05, 0.1) is 0 Å². The molecule has 1 fully saturated rings. The lowest BCUT2D eigenvalue weighted by Crippen LogP contribution is -2.38. The van der Waals surface area contributed by atoms with Crippen LogP contribution in [0.15, 0.2) is 30.3 Å². The molecule has 1 aliphatic rings. The zero-order chi connectivity index (χ0) is 15.0. The van der Waals surface area contributed by atoms with Crippen molar-refractivity contribution in [3.63, 3.8) is 0 Å². The Labute approximate surface area is 121 Å². The summed E-state index contributed by atoms with van der Waals surface area (Å²) in [5.74, 6) is 0. The van der Waals surface area contributed by atoms with E-state index in [-0.39, 0.29) is 5.60 Å². The van der Waals surface area contributed by atoms with E-state index in [2.05, 4.69) is 34.3 Å². The lowest BCUT2D eigenvalue weighted by molar-refractivity contribution is -0.138. The maximum atomic E-state index is 9.60. The molecule has 3 N–H and O–H groups in total. The van der Waals surface area contributed by atoms with Crippen LogP contribution in [0.3, 0.4) is 0 Å². The Bertz CT molecular complexity index is 387. The SMILES string of the molecule is CC(C)(C)OC=O.NC1CCNC(c2ccccc2)C1. The van der Waals surface area contributed by atoms with E-state index in [1.54, 1.807) is 0 Å². The highest BCUT2D eigenvalue weighted by atomic mass is 16.5. The molecule has 4 nitrogen and oxygen atoms in total. The number of benzene rings is 1. The molecule has 0 bridgehead atoms. The van der Waals surface area contributed by atoms with Crippen molar-refractivity contribution in [1.82, 2.24) is 5.32 Å². The molecule has 2 atom stereocenters. The molecule has 0 aliphatic carbocycles. The quantitative estimate of drug-likeness (QED) is 0.815. The van der Waals surface area contributed by atoms with Gasteiger partial charge in [0.1, 0.15) is 5.60 Å². The Kier molecular flexibility index (Phi) is 6.68. The van der Waals surface area contributed by atoms with Gasteiger partial charge in [0.15, 0.2) is 0 Å². The second kappa shape index (κ2) is 8.02. The summed E-state index contributed by atoms with van der Waals surface area (Å²) >= 11 is 0. The number of hydrogen-bond acceptors (Lipinski definition) is 4. The third-order valence-corrected chi connectivity index (χ3v) is 3.05. The van der Waals surface area contributed by atoms with E-state index in [9.17, 15) is 4.79 Å². The second-order valence-corrected chi connectivity index (χ2v) is 6.03. The van der Waals surface area contributed by atoms with Gasteiger partial charge in [0.2, 0.25) is 0 Å². The maximum absolute atomic E-state index is 9.60. The van der Waals surface area contributed by atoms with Crippen LogP contribution in [0.4, 0.5) is 0 Å². The summed E-state index contributed by atoms with van der Waals surface area (Å²) in [5, 5.41) is 3.49. The van der Waals surface area contributed by atoms with Crippen LogP contribution in [0.25, 0.3) is 0 Å². The second-order valence-electron chi connectivity index (χ2n) is 6.03. The third kappa shape index (κ3) is 6.68. The molecule has 1 aromatic carbocycles. The van der Waals surface area contributed by atoms with E-state index in [4.69, 9.17) is 5.73 Å². The lowest BCUT2D eigenvalue weighted by Gasteiger charge is -2.28. The molecule has 0 saturated carbocycles.